The molecule has 1 aliphatic heterocycles. The van der Waals surface area contributed by atoms with E-state index in [1.165, 1.54) is 0 Å². The van der Waals surface area contributed by atoms with Crippen molar-refractivity contribution >= 4 is 5.91 Å². The Labute approximate surface area is 137 Å². The van der Waals surface area contributed by atoms with Crippen LogP contribution in [0.15, 0.2) is 24.3 Å². The molecule has 5 nitrogen and oxygen atoms in total. The highest BCUT2D eigenvalue weighted by molar-refractivity contribution is 5.78. The zero-order valence-corrected chi connectivity index (χ0v) is 13.7. The zero-order chi connectivity index (χ0) is 16.7. The van der Waals surface area contributed by atoms with Crippen molar-refractivity contribution in [1.82, 2.24) is 10.2 Å². The van der Waals surface area contributed by atoms with Gasteiger partial charge in [-0.05, 0) is 50.0 Å². The predicted molar refractivity (Wildman–Crippen MR) is 88.6 cm³/mol. The second-order valence-electron chi connectivity index (χ2n) is 6.12. The number of rotatable bonds is 6. The van der Waals surface area contributed by atoms with E-state index >= 15 is 0 Å². The number of piperidine rings is 1. The van der Waals surface area contributed by atoms with Gasteiger partial charge in [-0.2, -0.15) is 5.26 Å². The molecule has 23 heavy (non-hydrogen) atoms. The molecule has 1 atom stereocenters. The Morgan fingerprint density at radius 1 is 1.39 bits per heavy atom. The van der Waals surface area contributed by atoms with Gasteiger partial charge in [-0.15, -0.1) is 0 Å². The molecule has 2 N–H and O–H groups in total. The van der Waals surface area contributed by atoms with Crippen LogP contribution in [0.5, 0.6) is 0 Å². The van der Waals surface area contributed by atoms with Crippen molar-refractivity contribution in [1.29, 1.82) is 5.26 Å². The summed E-state index contributed by atoms with van der Waals surface area (Å²) in [5.41, 5.74) is 1.42. The van der Waals surface area contributed by atoms with Crippen molar-refractivity contribution in [3.05, 3.63) is 35.4 Å². The van der Waals surface area contributed by atoms with E-state index in [1.54, 1.807) is 24.3 Å². The fraction of sp³-hybridized carbons (Fsp3) is 0.556. The Kier molecular flexibility index (Phi) is 6.57. The minimum absolute atomic E-state index is 0.102. The van der Waals surface area contributed by atoms with Gasteiger partial charge in [0.25, 0.3) is 0 Å². The maximum Gasteiger partial charge on any atom is 0.223 e. The smallest absolute Gasteiger partial charge is 0.223 e. The van der Waals surface area contributed by atoms with Crippen LogP contribution in [0.4, 0.5) is 0 Å². The molecule has 124 valence electrons. The average molecular weight is 315 g/mol. The molecule has 0 aromatic heterocycles. The van der Waals surface area contributed by atoms with Crippen molar-refractivity contribution in [3.63, 3.8) is 0 Å². The first kappa shape index (κ1) is 17.5. The molecule has 1 amide bonds. The molecule has 1 aromatic rings. The summed E-state index contributed by atoms with van der Waals surface area (Å²) < 4.78 is 0. The third kappa shape index (κ3) is 5.05. The number of amides is 1. The summed E-state index contributed by atoms with van der Waals surface area (Å²) in [6, 6.07) is 9.12. The molecule has 5 heteroatoms. The second-order valence-corrected chi connectivity index (χ2v) is 6.12. The number of benzene rings is 1. The van der Waals surface area contributed by atoms with Crippen molar-refractivity contribution < 1.29 is 9.90 Å². The van der Waals surface area contributed by atoms with Crippen molar-refractivity contribution in [2.45, 2.75) is 32.3 Å². The molecule has 2 rings (SSSR count). The molecular formula is C18H25N3O2. The molecule has 0 radical (unpaired) electrons. The third-order valence-corrected chi connectivity index (χ3v) is 4.36. The van der Waals surface area contributed by atoms with Crippen LogP contribution in [0.3, 0.4) is 0 Å². The first-order chi connectivity index (χ1) is 11.1. The topological polar surface area (TPSA) is 76.4 Å². The monoisotopic (exact) mass is 315 g/mol. The number of β-amino-alcohol motifs (C(OH)–C–C–N with tert-alkyl or cyclic N) is 1. The number of carbonyl (C=O) groups is 1. The van der Waals surface area contributed by atoms with Gasteiger partial charge in [-0.25, -0.2) is 0 Å². The third-order valence-electron chi connectivity index (χ3n) is 4.36. The molecule has 1 unspecified atom stereocenters. The molecule has 1 aromatic carbocycles. The zero-order valence-electron chi connectivity index (χ0n) is 13.7. The molecule has 0 aliphatic carbocycles. The van der Waals surface area contributed by atoms with Gasteiger partial charge in [-0.3, -0.25) is 4.79 Å². The van der Waals surface area contributed by atoms with E-state index in [0.717, 1.165) is 44.5 Å². The van der Waals surface area contributed by atoms with Crippen LogP contribution in [-0.2, 0) is 4.79 Å². The van der Waals surface area contributed by atoms with E-state index in [9.17, 15) is 9.90 Å². The van der Waals surface area contributed by atoms with Gasteiger partial charge >= 0.3 is 0 Å². The molecule has 1 aliphatic rings. The number of aliphatic hydroxyl groups is 1. The largest absolute Gasteiger partial charge is 0.387 e. The van der Waals surface area contributed by atoms with E-state index in [-0.39, 0.29) is 11.8 Å². The number of hydrogen-bond acceptors (Lipinski definition) is 4. The Morgan fingerprint density at radius 2 is 2.04 bits per heavy atom. The molecule has 1 fully saturated rings. The molecular weight excluding hydrogens is 290 g/mol. The Bertz CT molecular complexity index is 542. The quantitative estimate of drug-likeness (QED) is 0.840. The summed E-state index contributed by atoms with van der Waals surface area (Å²) in [6.07, 6.45) is 2.08. The lowest BCUT2D eigenvalue weighted by atomic mass is 9.95. The SMILES string of the molecule is CCCNC(=O)C1CCN(CC(O)c2ccc(C#N)cc2)CC1. The number of carbonyl (C=O) groups excluding carboxylic acids is 1. The van der Waals surface area contributed by atoms with Gasteiger partial charge in [0.1, 0.15) is 0 Å². The number of nitrogens with zero attached hydrogens (tertiary/aromatic N) is 2. The van der Waals surface area contributed by atoms with E-state index < -0.39 is 6.10 Å². The van der Waals surface area contributed by atoms with Crippen molar-refractivity contribution in [2.24, 2.45) is 5.92 Å². The summed E-state index contributed by atoms with van der Waals surface area (Å²) in [7, 11) is 0. The maximum absolute atomic E-state index is 12.0. The van der Waals surface area contributed by atoms with Gasteiger partial charge in [0.15, 0.2) is 0 Å². The Hall–Kier alpha value is -1.90. The van der Waals surface area contributed by atoms with Crippen LogP contribution < -0.4 is 5.32 Å². The highest BCUT2D eigenvalue weighted by Gasteiger charge is 2.25. The number of hydrogen-bond donors (Lipinski definition) is 2. The van der Waals surface area contributed by atoms with Crippen LogP contribution in [0.1, 0.15) is 43.4 Å². The molecule has 0 spiro atoms. The second kappa shape index (κ2) is 8.66. The van der Waals surface area contributed by atoms with Crippen LogP contribution in [0.2, 0.25) is 0 Å². The molecule has 1 saturated heterocycles. The van der Waals surface area contributed by atoms with Crippen LogP contribution in [0.25, 0.3) is 0 Å². The van der Waals surface area contributed by atoms with E-state index in [0.29, 0.717) is 12.1 Å². The molecule has 0 bridgehead atoms. The average Bonchev–Trinajstić information content (AvgIpc) is 2.60. The lowest BCUT2D eigenvalue weighted by Gasteiger charge is -2.32. The van der Waals surface area contributed by atoms with Crippen molar-refractivity contribution in [3.8, 4) is 6.07 Å². The first-order valence-electron chi connectivity index (χ1n) is 8.32. The molecule has 1 heterocycles. The lowest BCUT2D eigenvalue weighted by Crippen LogP contribution is -2.42. The molecule has 0 saturated carbocycles. The van der Waals surface area contributed by atoms with Gasteiger partial charge < -0.3 is 15.3 Å². The lowest BCUT2D eigenvalue weighted by molar-refractivity contribution is -0.126. The fourth-order valence-electron chi connectivity index (χ4n) is 2.90. The number of nitrogens with one attached hydrogen (secondary N) is 1. The van der Waals surface area contributed by atoms with Crippen molar-refractivity contribution in [2.75, 3.05) is 26.2 Å². The summed E-state index contributed by atoms with van der Waals surface area (Å²) in [5, 5.41) is 22.1. The fourth-order valence-corrected chi connectivity index (χ4v) is 2.90. The minimum atomic E-state index is -0.562. The first-order valence-corrected chi connectivity index (χ1v) is 8.32. The van der Waals surface area contributed by atoms with Gasteiger partial charge in [0.2, 0.25) is 5.91 Å². The Morgan fingerprint density at radius 3 is 2.61 bits per heavy atom. The number of nitriles is 1. The highest BCUT2D eigenvalue weighted by Crippen LogP contribution is 2.21. The van der Waals surface area contributed by atoms with Crippen LogP contribution in [0, 0.1) is 17.2 Å². The number of likely N-dealkylation sites (tertiary alicyclic amines) is 1. The maximum atomic E-state index is 12.0. The summed E-state index contributed by atoms with van der Waals surface area (Å²) in [6.45, 7) is 5.02. The highest BCUT2D eigenvalue weighted by atomic mass is 16.3. The number of aliphatic hydroxyl groups excluding tert-OH is 1. The standard InChI is InChI=1S/C18H25N3O2/c1-2-9-20-18(23)16-7-10-21(11-8-16)13-17(22)15-5-3-14(12-19)4-6-15/h3-6,16-17,22H,2,7-11,13H2,1H3,(H,20,23). The van der Waals surface area contributed by atoms with E-state index in [2.05, 4.69) is 16.3 Å². The normalized spacial score (nSPS) is 17.4. The summed E-state index contributed by atoms with van der Waals surface area (Å²) in [4.78, 5) is 14.2. The summed E-state index contributed by atoms with van der Waals surface area (Å²) >= 11 is 0. The minimum Gasteiger partial charge on any atom is -0.387 e. The van der Waals surface area contributed by atoms with Crippen LogP contribution in [-0.4, -0.2) is 42.1 Å². The summed E-state index contributed by atoms with van der Waals surface area (Å²) in [5.74, 6) is 0.268. The van der Waals surface area contributed by atoms with E-state index in [1.807, 2.05) is 6.92 Å². The van der Waals surface area contributed by atoms with Crippen LogP contribution >= 0.6 is 0 Å². The van der Waals surface area contributed by atoms with Gasteiger partial charge in [0, 0.05) is 19.0 Å². The Balaban J connectivity index is 1.79. The van der Waals surface area contributed by atoms with Gasteiger partial charge in [-0.1, -0.05) is 19.1 Å². The van der Waals surface area contributed by atoms with E-state index in [4.69, 9.17) is 5.26 Å². The van der Waals surface area contributed by atoms with Gasteiger partial charge in [0.05, 0.1) is 17.7 Å². The predicted octanol–water partition coefficient (Wildman–Crippen LogP) is 1.83.